The molecule has 0 spiro atoms. The Kier molecular flexibility index (Phi) is 3.85. The van der Waals surface area contributed by atoms with Gasteiger partial charge >= 0.3 is 0 Å². The minimum Gasteiger partial charge on any atom is -0.307 e. The van der Waals surface area contributed by atoms with E-state index in [1.807, 2.05) is 12.3 Å². The summed E-state index contributed by atoms with van der Waals surface area (Å²) < 4.78 is 2.23. The molecule has 1 fully saturated rings. The van der Waals surface area contributed by atoms with Crippen LogP contribution in [0.25, 0.3) is 5.69 Å². The van der Waals surface area contributed by atoms with Gasteiger partial charge in [-0.25, -0.2) is 4.98 Å². The molecule has 4 heteroatoms. The van der Waals surface area contributed by atoms with Crippen molar-refractivity contribution in [1.29, 1.82) is 0 Å². The molecule has 3 rings (SSSR count). The molecule has 4 nitrogen and oxygen atoms in total. The fraction of sp³-hybridized carbons (Fsp3) is 0.438. The number of hydrogen-bond donors (Lipinski definition) is 1. The van der Waals surface area contributed by atoms with Gasteiger partial charge in [-0.05, 0) is 39.1 Å². The van der Waals surface area contributed by atoms with Crippen molar-refractivity contribution in [1.82, 2.24) is 19.8 Å². The lowest BCUT2D eigenvalue weighted by Gasteiger charge is -2.15. The summed E-state index contributed by atoms with van der Waals surface area (Å²) in [5.74, 6) is 1.04. The van der Waals surface area contributed by atoms with Gasteiger partial charge in [0.2, 0.25) is 0 Å². The van der Waals surface area contributed by atoms with Crippen molar-refractivity contribution in [2.75, 3.05) is 20.1 Å². The molecule has 2 heterocycles. The van der Waals surface area contributed by atoms with Crippen molar-refractivity contribution >= 4 is 0 Å². The van der Waals surface area contributed by atoms with Gasteiger partial charge in [0.1, 0.15) is 5.82 Å². The highest BCUT2D eigenvalue weighted by Crippen LogP contribution is 2.15. The van der Waals surface area contributed by atoms with E-state index in [-0.39, 0.29) is 0 Å². The summed E-state index contributed by atoms with van der Waals surface area (Å²) in [7, 11) is 2.18. The SMILES string of the molecule is Cc1ncc(CNC2CCN(C)C2)n1-c1ccccc1. The summed E-state index contributed by atoms with van der Waals surface area (Å²) in [6, 6.07) is 11.0. The number of hydrogen-bond acceptors (Lipinski definition) is 3. The van der Waals surface area contributed by atoms with Gasteiger partial charge in [-0.15, -0.1) is 0 Å². The summed E-state index contributed by atoms with van der Waals surface area (Å²) in [4.78, 5) is 6.84. The fourth-order valence-electron chi connectivity index (χ4n) is 2.90. The number of para-hydroxylation sites is 1. The maximum Gasteiger partial charge on any atom is 0.110 e. The van der Waals surface area contributed by atoms with Crippen molar-refractivity contribution in [3.8, 4) is 5.69 Å². The molecule has 1 unspecified atom stereocenters. The van der Waals surface area contributed by atoms with Crippen LogP contribution in [0.4, 0.5) is 0 Å². The zero-order valence-electron chi connectivity index (χ0n) is 12.2. The van der Waals surface area contributed by atoms with E-state index in [2.05, 4.69) is 58.0 Å². The third-order valence-corrected chi connectivity index (χ3v) is 3.99. The number of nitrogens with one attached hydrogen (secondary N) is 1. The number of aromatic nitrogens is 2. The first-order chi connectivity index (χ1) is 9.74. The molecule has 0 aliphatic carbocycles. The predicted octanol–water partition coefficient (Wildman–Crippen LogP) is 1.97. The largest absolute Gasteiger partial charge is 0.307 e. The monoisotopic (exact) mass is 270 g/mol. The Bertz CT molecular complexity index is 561. The number of likely N-dealkylation sites (tertiary alicyclic amines) is 1. The quantitative estimate of drug-likeness (QED) is 0.922. The summed E-state index contributed by atoms with van der Waals surface area (Å²) in [5, 5.41) is 3.65. The topological polar surface area (TPSA) is 33.1 Å². The summed E-state index contributed by atoms with van der Waals surface area (Å²) >= 11 is 0. The average molecular weight is 270 g/mol. The molecule has 106 valence electrons. The van der Waals surface area contributed by atoms with E-state index in [9.17, 15) is 0 Å². The van der Waals surface area contributed by atoms with E-state index in [1.54, 1.807) is 0 Å². The molecule has 0 bridgehead atoms. The van der Waals surface area contributed by atoms with Crippen LogP contribution in [0.5, 0.6) is 0 Å². The van der Waals surface area contributed by atoms with Gasteiger partial charge in [-0.1, -0.05) is 18.2 Å². The molecular weight excluding hydrogens is 248 g/mol. The third kappa shape index (κ3) is 2.76. The van der Waals surface area contributed by atoms with E-state index in [1.165, 1.54) is 24.3 Å². The average Bonchev–Trinajstić information content (AvgIpc) is 3.03. The Balaban J connectivity index is 1.74. The number of aryl methyl sites for hydroxylation is 1. The Morgan fingerprint density at radius 3 is 2.80 bits per heavy atom. The van der Waals surface area contributed by atoms with Crippen LogP contribution in [-0.2, 0) is 6.54 Å². The third-order valence-electron chi connectivity index (χ3n) is 3.99. The predicted molar refractivity (Wildman–Crippen MR) is 81.0 cm³/mol. The number of likely N-dealkylation sites (N-methyl/N-ethyl adjacent to an activating group) is 1. The number of benzene rings is 1. The highest BCUT2D eigenvalue weighted by molar-refractivity contribution is 5.35. The second-order valence-electron chi connectivity index (χ2n) is 5.60. The highest BCUT2D eigenvalue weighted by atomic mass is 15.2. The van der Waals surface area contributed by atoms with E-state index in [0.717, 1.165) is 18.9 Å². The molecule has 1 aromatic carbocycles. The van der Waals surface area contributed by atoms with Crippen molar-refractivity contribution in [2.24, 2.45) is 0 Å². The summed E-state index contributed by atoms with van der Waals surface area (Å²) in [5.41, 5.74) is 2.41. The Morgan fingerprint density at radius 2 is 2.10 bits per heavy atom. The number of nitrogens with zero attached hydrogens (tertiary/aromatic N) is 3. The zero-order chi connectivity index (χ0) is 13.9. The maximum atomic E-state index is 4.47. The Hall–Kier alpha value is -1.65. The van der Waals surface area contributed by atoms with Crippen LogP contribution >= 0.6 is 0 Å². The molecule has 2 aromatic rings. The van der Waals surface area contributed by atoms with Gasteiger partial charge in [-0.3, -0.25) is 4.57 Å². The van der Waals surface area contributed by atoms with Gasteiger partial charge < -0.3 is 10.2 Å². The smallest absolute Gasteiger partial charge is 0.110 e. The first-order valence-corrected chi connectivity index (χ1v) is 7.24. The molecule has 1 aliphatic heterocycles. The molecule has 1 N–H and O–H groups in total. The molecule has 1 aliphatic rings. The summed E-state index contributed by atoms with van der Waals surface area (Å²) in [6.07, 6.45) is 3.21. The lowest BCUT2D eigenvalue weighted by atomic mass is 10.2. The number of imidazole rings is 1. The minimum absolute atomic E-state index is 0.597. The van der Waals surface area contributed by atoms with E-state index >= 15 is 0 Å². The van der Waals surface area contributed by atoms with Crippen LogP contribution in [0.15, 0.2) is 36.5 Å². The molecule has 20 heavy (non-hydrogen) atoms. The zero-order valence-corrected chi connectivity index (χ0v) is 12.2. The lowest BCUT2D eigenvalue weighted by Crippen LogP contribution is -2.31. The molecule has 1 atom stereocenters. The van der Waals surface area contributed by atoms with Gasteiger partial charge in [0.25, 0.3) is 0 Å². The molecule has 0 radical (unpaired) electrons. The molecule has 1 aromatic heterocycles. The van der Waals surface area contributed by atoms with Gasteiger partial charge in [-0.2, -0.15) is 0 Å². The Morgan fingerprint density at radius 1 is 1.30 bits per heavy atom. The van der Waals surface area contributed by atoms with E-state index in [4.69, 9.17) is 0 Å². The molecular formula is C16H22N4. The highest BCUT2D eigenvalue weighted by Gasteiger charge is 2.19. The molecule has 0 amide bonds. The van der Waals surface area contributed by atoms with Crippen LogP contribution in [0.3, 0.4) is 0 Å². The first-order valence-electron chi connectivity index (χ1n) is 7.24. The first kappa shape index (κ1) is 13.3. The van der Waals surface area contributed by atoms with Crippen LogP contribution < -0.4 is 5.32 Å². The normalized spacial score (nSPS) is 19.6. The van der Waals surface area contributed by atoms with E-state index in [0.29, 0.717) is 6.04 Å². The van der Waals surface area contributed by atoms with Crippen LogP contribution in [-0.4, -0.2) is 40.6 Å². The van der Waals surface area contributed by atoms with Crippen molar-refractivity contribution in [3.63, 3.8) is 0 Å². The standard InChI is InChI=1S/C16H22N4/c1-13-17-10-16(11-18-14-8-9-19(2)12-14)20(13)15-6-4-3-5-7-15/h3-7,10,14,18H,8-9,11-12H2,1-2H3. The van der Waals surface area contributed by atoms with Crippen LogP contribution in [0, 0.1) is 6.92 Å². The lowest BCUT2D eigenvalue weighted by molar-refractivity contribution is 0.397. The van der Waals surface area contributed by atoms with Gasteiger partial charge in [0.05, 0.1) is 11.9 Å². The number of rotatable bonds is 4. The van der Waals surface area contributed by atoms with Gasteiger partial charge in [0, 0.05) is 24.8 Å². The van der Waals surface area contributed by atoms with Crippen molar-refractivity contribution in [2.45, 2.75) is 25.9 Å². The van der Waals surface area contributed by atoms with Crippen LogP contribution in [0.1, 0.15) is 17.9 Å². The second kappa shape index (κ2) is 5.77. The second-order valence-corrected chi connectivity index (χ2v) is 5.60. The Labute approximate surface area is 120 Å². The van der Waals surface area contributed by atoms with Gasteiger partial charge in [0.15, 0.2) is 0 Å². The summed E-state index contributed by atoms with van der Waals surface area (Å²) in [6.45, 7) is 5.25. The maximum absolute atomic E-state index is 4.47. The fourth-order valence-corrected chi connectivity index (χ4v) is 2.90. The minimum atomic E-state index is 0.597. The van der Waals surface area contributed by atoms with Crippen molar-refractivity contribution < 1.29 is 0 Å². The molecule has 0 saturated carbocycles. The molecule has 1 saturated heterocycles. The van der Waals surface area contributed by atoms with Crippen LogP contribution in [0.2, 0.25) is 0 Å². The van der Waals surface area contributed by atoms with E-state index < -0.39 is 0 Å². The van der Waals surface area contributed by atoms with Crippen molar-refractivity contribution in [3.05, 3.63) is 48.0 Å².